The van der Waals surface area contributed by atoms with Crippen molar-refractivity contribution in [3.63, 3.8) is 0 Å². The van der Waals surface area contributed by atoms with Crippen molar-refractivity contribution in [2.45, 2.75) is 19.4 Å². The van der Waals surface area contributed by atoms with Gasteiger partial charge in [0.15, 0.2) is 5.17 Å². The van der Waals surface area contributed by atoms with E-state index in [0.717, 1.165) is 18.7 Å². The van der Waals surface area contributed by atoms with E-state index in [-0.39, 0.29) is 11.9 Å². The average molecular weight is 267 g/mol. The molecule has 5 nitrogen and oxygen atoms in total. The van der Waals surface area contributed by atoms with Crippen LogP contribution in [0.2, 0.25) is 0 Å². The summed E-state index contributed by atoms with van der Waals surface area (Å²) in [7, 11) is 0. The van der Waals surface area contributed by atoms with Gasteiger partial charge >= 0.3 is 0 Å². The standard InChI is InChI=1S/C12H17N3O2S/c1-8-10(14-12(13-2)18-3)6-15(11(8)16)9-4-5-17-7-9/h9H,2,4-7H2,1,3H3/b14-12+. The first-order chi connectivity index (χ1) is 8.67. The number of amides is 1. The van der Waals surface area contributed by atoms with E-state index in [0.29, 0.717) is 23.9 Å². The first-order valence-electron chi connectivity index (χ1n) is 5.85. The van der Waals surface area contributed by atoms with Crippen molar-refractivity contribution in [2.75, 3.05) is 26.0 Å². The van der Waals surface area contributed by atoms with Gasteiger partial charge in [-0.05, 0) is 26.3 Å². The van der Waals surface area contributed by atoms with Crippen molar-refractivity contribution in [3.05, 3.63) is 11.3 Å². The topological polar surface area (TPSA) is 54.3 Å². The lowest BCUT2D eigenvalue weighted by molar-refractivity contribution is -0.127. The van der Waals surface area contributed by atoms with Crippen LogP contribution in [0.4, 0.5) is 0 Å². The molecule has 1 unspecified atom stereocenters. The molecule has 0 bridgehead atoms. The molecular formula is C12H17N3O2S. The number of carbonyl (C=O) groups is 1. The van der Waals surface area contributed by atoms with Crippen molar-refractivity contribution >= 4 is 29.6 Å². The SMILES string of the molecule is C=N/C(=N\C1=C(C)C(=O)N(C2CCOC2)C1)SC. The van der Waals surface area contributed by atoms with Crippen molar-refractivity contribution < 1.29 is 9.53 Å². The Morgan fingerprint density at radius 2 is 2.39 bits per heavy atom. The van der Waals surface area contributed by atoms with E-state index in [1.807, 2.05) is 18.1 Å². The molecular weight excluding hydrogens is 250 g/mol. The monoisotopic (exact) mass is 267 g/mol. The van der Waals surface area contributed by atoms with E-state index in [9.17, 15) is 4.79 Å². The Hall–Kier alpha value is -1.14. The maximum Gasteiger partial charge on any atom is 0.252 e. The fraction of sp³-hybridized carbons (Fsp3) is 0.583. The molecule has 0 N–H and O–H groups in total. The molecule has 2 heterocycles. The number of rotatable bonds is 2. The zero-order valence-electron chi connectivity index (χ0n) is 10.7. The van der Waals surface area contributed by atoms with Gasteiger partial charge in [-0.2, -0.15) is 0 Å². The van der Waals surface area contributed by atoms with Crippen LogP contribution in [0.5, 0.6) is 0 Å². The molecule has 0 aliphatic carbocycles. The Kier molecular flexibility index (Phi) is 4.19. The fourth-order valence-corrected chi connectivity index (χ4v) is 2.46. The van der Waals surface area contributed by atoms with Crippen LogP contribution in [0.25, 0.3) is 0 Å². The number of amidine groups is 1. The van der Waals surface area contributed by atoms with E-state index in [4.69, 9.17) is 4.74 Å². The summed E-state index contributed by atoms with van der Waals surface area (Å²) in [6.45, 7) is 7.21. The van der Waals surface area contributed by atoms with Crippen molar-refractivity contribution in [1.29, 1.82) is 0 Å². The minimum atomic E-state index is 0.0637. The smallest absolute Gasteiger partial charge is 0.252 e. The summed E-state index contributed by atoms with van der Waals surface area (Å²) >= 11 is 1.43. The quantitative estimate of drug-likeness (QED) is 0.560. The first-order valence-corrected chi connectivity index (χ1v) is 7.07. The molecule has 0 aromatic rings. The fourth-order valence-electron chi connectivity index (χ4n) is 2.13. The zero-order chi connectivity index (χ0) is 13.1. The Morgan fingerprint density at radius 3 is 2.94 bits per heavy atom. The van der Waals surface area contributed by atoms with Gasteiger partial charge in [-0.15, -0.1) is 0 Å². The van der Waals surface area contributed by atoms with Crippen LogP contribution >= 0.6 is 11.8 Å². The molecule has 1 fully saturated rings. The molecule has 6 heteroatoms. The third kappa shape index (κ3) is 2.49. The summed E-state index contributed by atoms with van der Waals surface area (Å²) < 4.78 is 5.33. The molecule has 1 atom stereocenters. The number of thioether (sulfide) groups is 1. The third-order valence-electron chi connectivity index (χ3n) is 3.23. The summed E-state index contributed by atoms with van der Waals surface area (Å²) in [5, 5.41) is 0.599. The van der Waals surface area contributed by atoms with E-state index < -0.39 is 0 Å². The molecule has 18 heavy (non-hydrogen) atoms. The highest BCUT2D eigenvalue weighted by molar-refractivity contribution is 8.13. The lowest BCUT2D eigenvalue weighted by Crippen LogP contribution is -2.37. The number of hydrogen-bond donors (Lipinski definition) is 0. The predicted octanol–water partition coefficient (Wildman–Crippen LogP) is 1.31. The summed E-state index contributed by atoms with van der Waals surface area (Å²) in [6.07, 6.45) is 2.80. The van der Waals surface area contributed by atoms with Gasteiger partial charge in [0.05, 0.1) is 24.9 Å². The average Bonchev–Trinajstić information content (AvgIpc) is 2.99. The van der Waals surface area contributed by atoms with Gasteiger partial charge in [0.2, 0.25) is 0 Å². The summed E-state index contributed by atoms with van der Waals surface area (Å²) in [5.41, 5.74) is 1.50. The van der Waals surface area contributed by atoms with E-state index in [2.05, 4.69) is 16.7 Å². The Balaban J connectivity index is 2.15. The van der Waals surface area contributed by atoms with Crippen molar-refractivity contribution in [2.24, 2.45) is 9.98 Å². The number of carbonyl (C=O) groups excluding carboxylic acids is 1. The van der Waals surface area contributed by atoms with Gasteiger partial charge in [-0.1, -0.05) is 11.8 Å². The lowest BCUT2D eigenvalue weighted by Gasteiger charge is -2.22. The molecule has 0 aromatic carbocycles. The van der Waals surface area contributed by atoms with Gasteiger partial charge in [0, 0.05) is 12.2 Å². The van der Waals surface area contributed by atoms with Crippen LogP contribution in [0, 0.1) is 0 Å². The molecule has 1 saturated heterocycles. The maximum atomic E-state index is 12.2. The second kappa shape index (κ2) is 5.67. The minimum Gasteiger partial charge on any atom is -0.379 e. The molecule has 0 spiro atoms. The molecule has 0 saturated carbocycles. The third-order valence-corrected chi connectivity index (χ3v) is 3.82. The molecule has 2 aliphatic heterocycles. The highest BCUT2D eigenvalue weighted by Gasteiger charge is 2.34. The van der Waals surface area contributed by atoms with Gasteiger partial charge < -0.3 is 9.64 Å². The zero-order valence-corrected chi connectivity index (χ0v) is 11.5. The van der Waals surface area contributed by atoms with Crippen molar-refractivity contribution in [1.82, 2.24) is 4.90 Å². The van der Waals surface area contributed by atoms with Crippen LogP contribution in [-0.4, -0.2) is 54.7 Å². The number of aliphatic imine (C=N–C) groups is 2. The van der Waals surface area contributed by atoms with Gasteiger partial charge in [-0.3, -0.25) is 4.79 Å². The molecule has 0 radical (unpaired) electrons. The summed E-state index contributed by atoms with van der Waals surface area (Å²) in [5.74, 6) is 0.0637. The Morgan fingerprint density at radius 1 is 1.61 bits per heavy atom. The molecule has 0 aromatic heterocycles. The lowest BCUT2D eigenvalue weighted by atomic mass is 10.2. The molecule has 98 valence electrons. The van der Waals surface area contributed by atoms with Crippen LogP contribution in [-0.2, 0) is 9.53 Å². The second-order valence-corrected chi connectivity index (χ2v) is 5.05. The number of nitrogens with zero attached hydrogens (tertiary/aromatic N) is 3. The molecule has 2 rings (SSSR count). The van der Waals surface area contributed by atoms with Crippen LogP contribution < -0.4 is 0 Å². The highest BCUT2D eigenvalue weighted by Crippen LogP contribution is 2.26. The number of ether oxygens (including phenoxy) is 1. The van der Waals surface area contributed by atoms with Gasteiger partial charge in [0.1, 0.15) is 0 Å². The van der Waals surface area contributed by atoms with E-state index in [1.165, 1.54) is 11.8 Å². The Bertz CT molecular complexity index is 425. The van der Waals surface area contributed by atoms with E-state index >= 15 is 0 Å². The Labute approximate surface area is 111 Å². The van der Waals surface area contributed by atoms with E-state index in [1.54, 1.807) is 0 Å². The summed E-state index contributed by atoms with van der Waals surface area (Å²) in [4.78, 5) is 22.2. The van der Waals surface area contributed by atoms with Crippen LogP contribution in [0.1, 0.15) is 13.3 Å². The maximum absolute atomic E-state index is 12.2. The first kappa shape index (κ1) is 13.3. The van der Waals surface area contributed by atoms with Crippen molar-refractivity contribution in [3.8, 4) is 0 Å². The van der Waals surface area contributed by atoms with Crippen LogP contribution in [0.3, 0.4) is 0 Å². The second-order valence-electron chi connectivity index (χ2n) is 4.28. The normalized spacial score (nSPS) is 25.2. The summed E-state index contributed by atoms with van der Waals surface area (Å²) in [6, 6.07) is 0.189. The predicted molar refractivity (Wildman–Crippen MR) is 74.1 cm³/mol. The molecule has 2 aliphatic rings. The minimum absolute atomic E-state index is 0.0637. The number of hydrogen-bond acceptors (Lipinski definition) is 4. The van der Waals surface area contributed by atoms with Crippen LogP contribution in [0.15, 0.2) is 21.3 Å². The van der Waals surface area contributed by atoms with Gasteiger partial charge in [-0.25, -0.2) is 9.98 Å². The molecule has 1 amide bonds. The van der Waals surface area contributed by atoms with Gasteiger partial charge in [0.25, 0.3) is 5.91 Å². The highest BCUT2D eigenvalue weighted by atomic mass is 32.2. The largest absolute Gasteiger partial charge is 0.379 e.